The molecule has 0 aliphatic rings. The maximum atomic E-state index is 13.5. The van der Waals surface area contributed by atoms with Crippen molar-refractivity contribution in [2.45, 2.75) is 6.10 Å². The van der Waals surface area contributed by atoms with Crippen LogP contribution in [-0.2, 0) is 0 Å². The molecule has 2 aromatic carbocycles. The molecule has 0 spiro atoms. The predicted octanol–water partition coefficient (Wildman–Crippen LogP) is 1.39. The lowest BCUT2D eigenvalue weighted by molar-refractivity contribution is 0.0913. The first-order chi connectivity index (χ1) is 10.5. The summed E-state index contributed by atoms with van der Waals surface area (Å²) in [5, 5.41) is 12.4. The van der Waals surface area contributed by atoms with Gasteiger partial charge in [0.25, 0.3) is 5.91 Å². The van der Waals surface area contributed by atoms with Crippen molar-refractivity contribution in [2.24, 2.45) is 5.73 Å². The summed E-state index contributed by atoms with van der Waals surface area (Å²) in [5.74, 6) is -1.55. The number of carbonyl (C=O) groups is 2. The first-order valence-electron chi connectivity index (χ1n) is 6.59. The molecule has 114 valence electrons. The lowest BCUT2D eigenvalue weighted by Gasteiger charge is -2.13. The lowest BCUT2D eigenvalue weighted by atomic mass is 10.1. The molecule has 0 aliphatic heterocycles. The van der Waals surface area contributed by atoms with Crippen LogP contribution in [-0.4, -0.2) is 23.5 Å². The summed E-state index contributed by atoms with van der Waals surface area (Å²) in [6.07, 6.45) is -1.14. The molecule has 0 saturated heterocycles. The number of halogens is 1. The van der Waals surface area contributed by atoms with Crippen LogP contribution in [0.5, 0.6) is 0 Å². The van der Waals surface area contributed by atoms with Crippen molar-refractivity contribution in [3.63, 3.8) is 0 Å². The fourth-order valence-electron chi connectivity index (χ4n) is 1.93. The number of nitrogens with one attached hydrogen (secondary N) is 1. The average Bonchev–Trinajstić information content (AvgIpc) is 2.52. The summed E-state index contributed by atoms with van der Waals surface area (Å²) in [5.41, 5.74) is 5.83. The lowest BCUT2D eigenvalue weighted by Crippen LogP contribution is -2.28. The van der Waals surface area contributed by atoms with Gasteiger partial charge < -0.3 is 16.2 Å². The van der Waals surface area contributed by atoms with Crippen molar-refractivity contribution < 1.29 is 19.1 Å². The SMILES string of the molecule is NC(=O)c1ccc(C(=O)NCC(O)c2ccccc2F)cc1. The third-order valence-corrected chi connectivity index (χ3v) is 3.15. The van der Waals surface area contributed by atoms with E-state index in [-0.39, 0.29) is 12.1 Å². The number of amides is 2. The van der Waals surface area contributed by atoms with Gasteiger partial charge in [0.15, 0.2) is 0 Å². The van der Waals surface area contributed by atoms with Gasteiger partial charge in [-0.05, 0) is 30.3 Å². The second-order valence-electron chi connectivity index (χ2n) is 4.69. The normalized spacial score (nSPS) is 11.7. The molecule has 1 unspecified atom stereocenters. The standard InChI is InChI=1S/C16H15FN2O3/c17-13-4-2-1-3-12(13)14(20)9-19-16(22)11-7-5-10(6-8-11)15(18)21/h1-8,14,20H,9H2,(H2,18,21)(H,19,22). The molecule has 0 saturated carbocycles. The third-order valence-electron chi connectivity index (χ3n) is 3.15. The van der Waals surface area contributed by atoms with Crippen LogP contribution in [0.15, 0.2) is 48.5 Å². The molecular weight excluding hydrogens is 287 g/mol. The molecule has 4 N–H and O–H groups in total. The van der Waals surface area contributed by atoms with Gasteiger partial charge in [-0.15, -0.1) is 0 Å². The Bertz CT molecular complexity index is 686. The van der Waals surface area contributed by atoms with Gasteiger partial charge in [0, 0.05) is 23.2 Å². The summed E-state index contributed by atoms with van der Waals surface area (Å²) in [4.78, 5) is 22.9. The van der Waals surface area contributed by atoms with Gasteiger partial charge in [-0.3, -0.25) is 9.59 Å². The molecule has 0 aromatic heterocycles. The zero-order valence-electron chi connectivity index (χ0n) is 11.6. The van der Waals surface area contributed by atoms with E-state index in [1.165, 1.54) is 42.5 Å². The molecular formula is C16H15FN2O3. The fraction of sp³-hybridized carbons (Fsp3) is 0.125. The molecule has 6 heteroatoms. The number of rotatable bonds is 5. The van der Waals surface area contributed by atoms with Crippen LogP contribution in [0.2, 0.25) is 0 Å². The van der Waals surface area contributed by atoms with Gasteiger partial charge in [0.1, 0.15) is 5.82 Å². The Kier molecular flexibility index (Phi) is 4.85. The molecule has 2 rings (SSSR count). The molecule has 0 radical (unpaired) electrons. The topological polar surface area (TPSA) is 92.4 Å². The quantitative estimate of drug-likeness (QED) is 0.779. The molecule has 22 heavy (non-hydrogen) atoms. The van der Waals surface area contributed by atoms with Gasteiger partial charge >= 0.3 is 0 Å². The predicted molar refractivity (Wildman–Crippen MR) is 78.7 cm³/mol. The maximum absolute atomic E-state index is 13.5. The number of aliphatic hydroxyl groups excluding tert-OH is 1. The first-order valence-corrected chi connectivity index (χ1v) is 6.59. The zero-order chi connectivity index (χ0) is 16.1. The van der Waals surface area contributed by atoms with Crippen molar-refractivity contribution in [1.29, 1.82) is 0 Å². The van der Waals surface area contributed by atoms with Gasteiger partial charge in [-0.2, -0.15) is 0 Å². The smallest absolute Gasteiger partial charge is 0.251 e. The molecule has 2 aromatic rings. The highest BCUT2D eigenvalue weighted by Crippen LogP contribution is 2.15. The molecule has 0 heterocycles. The second kappa shape index (κ2) is 6.82. The Hall–Kier alpha value is -2.73. The Labute approximate surface area is 126 Å². The fourth-order valence-corrected chi connectivity index (χ4v) is 1.93. The van der Waals surface area contributed by atoms with Crippen LogP contribution in [0.3, 0.4) is 0 Å². The summed E-state index contributed by atoms with van der Waals surface area (Å²) >= 11 is 0. The molecule has 5 nitrogen and oxygen atoms in total. The minimum Gasteiger partial charge on any atom is -0.386 e. The summed E-state index contributed by atoms with van der Waals surface area (Å²) < 4.78 is 13.5. The monoisotopic (exact) mass is 302 g/mol. The van der Waals surface area contributed by atoms with E-state index in [1.54, 1.807) is 6.07 Å². The number of carbonyl (C=O) groups excluding carboxylic acids is 2. The zero-order valence-corrected chi connectivity index (χ0v) is 11.6. The highest BCUT2D eigenvalue weighted by molar-refractivity contribution is 5.97. The van der Waals surface area contributed by atoms with Crippen molar-refractivity contribution in [3.8, 4) is 0 Å². The van der Waals surface area contributed by atoms with Crippen molar-refractivity contribution in [3.05, 3.63) is 71.0 Å². The minimum atomic E-state index is -1.14. The molecule has 1 atom stereocenters. The first kappa shape index (κ1) is 15.7. The van der Waals surface area contributed by atoms with Crippen LogP contribution in [0.1, 0.15) is 32.4 Å². The van der Waals surface area contributed by atoms with Gasteiger partial charge in [-0.25, -0.2) is 4.39 Å². The molecule has 0 fully saturated rings. The van der Waals surface area contributed by atoms with Crippen molar-refractivity contribution >= 4 is 11.8 Å². The summed E-state index contributed by atoms with van der Waals surface area (Å²) in [6.45, 7) is -0.128. The number of hydrogen-bond acceptors (Lipinski definition) is 3. The Morgan fingerprint density at radius 2 is 1.68 bits per heavy atom. The largest absolute Gasteiger partial charge is 0.386 e. The number of benzene rings is 2. The maximum Gasteiger partial charge on any atom is 0.251 e. The highest BCUT2D eigenvalue weighted by Gasteiger charge is 2.14. The Morgan fingerprint density at radius 3 is 2.27 bits per heavy atom. The number of primary amides is 1. The van der Waals surface area contributed by atoms with Crippen molar-refractivity contribution in [1.82, 2.24) is 5.32 Å². The van der Waals surface area contributed by atoms with Crippen LogP contribution < -0.4 is 11.1 Å². The van der Waals surface area contributed by atoms with E-state index in [0.29, 0.717) is 11.1 Å². The Balaban J connectivity index is 1.98. The molecule has 0 bridgehead atoms. The summed E-state index contributed by atoms with van der Waals surface area (Å²) in [7, 11) is 0. The minimum absolute atomic E-state index is 0.117. The second-order valence-corrected chi connectivity index (χ2v) is 4.69. The van der Waals surface area contributed by atoms with E-state index < -0.39 is 23.7 Å². The van der Waals surface area contributed by atoms with Gasteiger partial charge in [0.2, 0.25) is 5.91 Å². The summed E-state index contributed by atoms with van der Waals surface area (Å²) in [6, 6.07) is 11.6. The molecule has 0 aliphatic carbocycles. The van der Waals surface area contributed by atoms with Crippen LogP contribution in [0, 0.1) is 5.82 Å². The van der Waals surface area contributed by atoms with Crippen molar-refractivity contribution in [2.75, 3.05) is 6.54 Å². The Morgan fingerprint density at radius 1 is 1.09 bits per heavy atom. The van der Waals surface area contributed by atoms with Crippen LogP contribution in [0.25, 0.3) is 0 Å². The van der Waals surface area contributed by atoms with E-state index in [2.05, 4.69) is 5.32 Å². The van der Waals surface area contributed by atoms with E-state index >= 15 is 0 Å². The third kappa shape index (κ3) is 3.67. The number of aliphatic hydroxyl groups is 1. The highest BCUT2D eigenvalue weighted by atomic mass is 19.1. The van der Waals surface area contributed by atoms with Crippen LogP contribution >= 0.6 is 0 Å². The van der Waals surface area contributed by atoms with Crippen LogP contribution in [0.4, 0.5) is 4.39 Å². The van der Waals surface area contributed by atoms with E-state index in [1.807, 2.05) is 0 Å². The number of hydrogen-bond donors (Lipinski definition) is 3. The van der Waals surface area contributed by atoms with E-state index in [0.717, 1.165) is 0 Å². The van der Waals surface area contributed by atoms with Gasteiger partial charge in [-0.1, -0.05) is 18.2 Å². The van der Waals surface area contributed by atoms with E-state index in [9.17, 15) is 19.1 Å². The molecule has 2 amide bonds. The van der Waals surface area contributed by atoms with E-state index in [4.69, 9.17) is 5.73 Å². The van der Waals surface area contributed by atoms with Gasteiger partial charge in [0.05, 0.1) is 6.10 Å². The number of nitrogens with two attached hydrogens (primary N) is 1. The average molecular weight is 302 g/mol.